The SMILES string of the molecule is COCN(c1cccc(-c2n[nH]cc2Br)c1F)S(=O)(=O)c1cc(F)ccc1F. The molecule has 28 heavy (non-hydrogen) atoms. The van der Waals surface area contributed by atoms with Crippen molar-refractivity contribution in [2.45, 2.75) is 4.90 Å². The Morgan fingerprint density at radius 3 is 2.61 bits per heavy atom. The molecule has 0 saturated heterocycles. The molecule has 3 aromatic rings. The van der Waals surface area contributed by atoms with Crippen molar-refractivity contribution in [3.63, 3.8) is 0 Å². The summed E-state index contributed by atoms with van der Waals surface area (Å²) in [6, 6.07) is 5.99. The van der Waals surface area contributed by atoms with E-state index in [0.29, 0.717) is 20.9 Å². The lowest BCUT2D eigenvalue weighted by molar-refractivity contribution is 0.209. The third kappa shape index (κ3) is 3.64. The molecule has 0 amide bonds. The summed E-state index contributed by atoms with van der Waals surface area (Å²) < 4.78 is 74.6. The molecule has 1 N–H and O–H groups in total. The Kier molecular flexibility index (Phi) is 5.77. The Hall–Kier alpha value is -2.37. The topological polar surface area (TPSA) is 75.3 Å². The molecule has 0 aliphatic heterocycles. The van der Waals surface area contributed by atoms with Gasteiger partial charge in [0, 0.05) is 18.9 Å². The Morgan fingerprint density at radius 2 is 1.96 bits per heavy atom. The Bertz CT molecular complexity index is 1120. The number of hydrogen-bond donors (Lipinski definition) is 1. The molecule has 3 rings (SSSR count). The number of sulfonamides is 1. The van der Waals surface area contributed by atoms with E-state index in [0.717, 1.165) is 6.07 Å². The Morgan fingerprint density at radius 1 is 1.21 bits per heavy atom. The normalized spacial score (nSPS) is 11.6. The van der Waals surface area contributed by atoms with Gasteiger partial charge in [-0.25, -0.2) is 25.9 Å². The number of hydrogen-bond acceptors (Lipinski definition) is 4. The number of ether oxygens (including phenoxy) is 1. The van der Waals surface area contributed by atoms with E-state index in [2.05, 4.69) is 26.1 Å². The molecule has 1 heterocycles. The molecule has 0 saturated carbocycles. The van der Waals surface area contributed by atoms with Gasteiger partial charge in [0.2, 0.25) is 0 Å². The van der Waals surface area contributed by atoms with Crippen LogP contribution in [0.5, 0.6) is 0 Å². The molecule has 0 fully saturated rings. The zero-order chi connectivity index (χ0) is 20.5. The van der Waals surface area contributed by atoms with Crippen LogP contribution in [0.2, 0.25) is 0 Å². The lowest BCUT2D eigenvalue weighted by atomic mass is 10.1. The predicted molar refractivity (Wildman–Crippen MR) is 99.6 cm³/mol. The van der Waals surface area contributed by atoms with E-state index in [1.807, 2.05) is 0 Å². The zero-order valence-corrected chi connectivity index (χ0v) is 16.7. The molecule has 2 aromatic carbocycles. The number of nitrogens with zero attached hydrogens (tertiary/aromatic N) is 2. The highest BCUT2D eigenvalue weighted by Crippen LogP contribution is 2.35. The van der Waals surface area contributed by atoms with E-state index < -0.39 is 44.8 Å². The highest BCUT2D eigenvalue weighted by atomic mass is 79.9. The van der Waals surface area contributed by atoms with Crippen LogP contribution in [0.1, 0.15) is 0 Å². The number of methoxy groups -OCH3 is 1. The van der Waals surface area contributed by atoms with E-state index in [1.165, 1.54) is 31.5 Å². The fourth-order valence-corrected chi connectivity index (χ4v) is 4.40. The van der Waals surface area contributed by atoms with Gasteiger partial charge in [0.1, 0.15) is 29.0 Å². The largest absolute Gasteiger partial charge is 0.363 e. The highest BCUT2D eigenvalue weighted by Gasteiger charge is 2.31. The third-order valence-corrected chi connectivity index (χ3v) is 6.16. The van der Waals surface area contributed by atoms with Gasteiger partial charge < -0.3 is 4.74 Å². The van der Waals surface area contributed by atoms with Crippen molar-refractivity contribution < 1.29 is 26.3 Å². The van der Waals surface area contributed by atoms with Crippen LogP contribution in [-0.4, -0.2) is 32.5 Å². The maximum atomic E-state index is 15.2. The predicted octanol–water partition coefficient (Wildman–Crippen LogP) is 4.06. The quantitative estimate of drug-likeness (QED) is 0.545. The third-order valence-electron chi connectivity index (χ3n) is 3.80. The second kappa shape index (κ2) is 7.94. The van der Waals surface area contributed by atoms with Crippen LogP contribution in [0.4, 0.5) is 18.9 Å². The minimum atomic E-state index is -4.67. The van der Waals surface area contributed by atoms with Crippen molar-refractivity contribution in [2.24, 2.45) is 0 Å². The first-order chi connectivity index (χ1) is 13.3. The summed E-state index contributed by atoms with van der Waals surface area (Å²) in [6.45, 7) is -0.625. The van der Waals surface area contributed by atoms with Crippen molar-refractivity contribution in [3.8, 4) is 11.3 Å². The van der Waals surface area contributed by atoms with Crippen LogP contribution >= 0.6 is 15.9 Å². The molecule has 0 bridgehead atoms. The second-order valence-electron chi connectivity index (χ2n) is 5.57. The minimum Gasteiger partial charge on any atom is -0.363 e. The number of aromatic amines is 1. The van der Waals surface area contributed by atoms with Crippen LogP contribution in [-0.2, 0) is 14.8 Å². The molecular weight excluding hydrogens is 463 g/mol. The first kappa shape index (κ1) is 20.4. The van der Waals surface area contributed by atoms with Gasteiger partial charge in [-0.1, -0.05) is 6.07 Å². The molecule has 6 nitrogen and oxygen atoms in total. The van der Waals surface area contributed by atoms with Gasteiger partial charge >= 0.3 is 0 Å². The molecule has 0 aliphatic carbocycles. The summed E-state index contributed by atoms with van der Waals surface area (Å²) in [7, 11) is -3.48. The van der Waals surface area contributed by atoms with Gasteiger partial charge in [0.25, 0.3) is 10.0 Å². The minimum absolute atomic E-state index is 0.00152. The van der Waals surface area contributed by atoms with Crippen molar-refractivity contribution in [3.05, 3.63) is 64.5 Å². The smallest absolute Gasteiger partial charge is 0.269 e. The Labute approximate surface area is 167 Å². The molecule has 0 aliphatic rings. The molecule has 1 aromatic heterocycles. The lowest BCUT2D eigenvalue weighted by Crippen LogP contribution is -2.34. The van der Waals surface area contributed by atoms with Crippen LogP contribution in [0, 0.1) is 17.5 Å². The van der Waals surface area contributed by atoms with E-state index >= 15 is 4.39 Å². The Balaban J connectivity index is 2.18. The summed E-state index contributed by atoms with van der Waals surface area (Å²) in [5.74, 6) is -3.05. The molecule has 0 radical (unpaired) electrons. The van der Waals surface area contributed by atoms with Gasteiger partial charge in [-0.2, -0.15) is 5.10 Å². The number of benzene rings is 2. The maximum absolute atomic E-state index is 15.2. The highest BCUT2D eigenvalue weighted by molar-refractivity contribution is 9.10. The van der Waals surface area contributed by atoms with Crippen molar-refractivity contribution in [2.75, 3.05) is 18.1 Å². The maximum Gasteiger partial charge on any atom is 0.269 e. The second-order valence-corrected chi connectivity index (χ2v) is 8.25. The first-order valence-corrected chi connectivity index (χ1v) is 9.95. The van der Waals surface area contributed by atoms with E-state index in [9.17, 15) is 17.2 Å². The van der Waals surface area contributed by atoms with Gasteiger partial charge in [-0.3, -0.25) is 5.10 Å². The molecule has 0 atom stereocenters. The van der Waals surface area contributed by atoms with Crippen LogP contribution in [0.3, 0.4) is 0 Å². The van der Waals surface area contributed by atoms with E-state index in [-0.39, 0.29) is 11.3 Å². The van der Waals surface area contributed by atoms with Gasteiger partial charge in [-0.05, 0) is 46.3 Å². The number of nitrogens with one attached hydrogen (secondary N) is 1. The van der Waals surface area contributed by atoms with Gasteiger partial charge in [0.15, 0.2) is 5.82 Å². The number of anilines is 1. The molecule has 148 valence electrons. The molecule has 0 unspecified atom stereocenters. The number of rotatable bonds is 6. The number of halogens is 4. The van der Waals surface area contributed by atoms with E-state index in [4.69, 9.17) is 4.74 Å². The van der Waals surface area contributed by atoms with Crippen LogP contribution in [0.15, 0.2) is 52.0 Å². The molecule has 11 heteroatoms. The summed E-state index contributed by atoms with van der Waals surface area (Å²) in [5, 5.41) is 6.47. The fourth-order valence-electron chi connectivity index (χ4n) is 2.54. The monoisotopic (exact) mass is 475 g/mol. The van der Waals surface area contributed by atoms with Crippen LogP contribution < -0.4 is 4.31 Å². The first-order valence-electron chi connectivity index (χ1n) is 7.72. The lowest BCUT2D eigenvalue weighted by Gasteiger charge is -2.24. The van der Waals surface area contributed by atoms with Crippen molar-refractivity contribution >= 4 is 31.6 Å². The number of H-pyrrole nitrogens is 1. The molecule has 0 spiro atoms. The average Bonchev–Trinajstić information content (AvgIpc) is 3.08. The van der Waals surface area contributed by atoms with Crippen LogP contribution in [0.25, 0.3) is 11.3 Å². The molecular formula is C17H13BrF3N3O3S. The summed E-state index contributed by atoms with van der Waals surface area (Å²) in [6.07, 6.45) is 1.48. The van der Waals surface area contributed by atoms with Gasteiger partial charge in [-0.15, -0.1) is 0 Å². The summed E-state index contributed by atoms with van der Waals surface area (Å²) in [4.78, 5) is -0.935. The summed E-state index contributed by atoms with van der Waals surface area (Å²) >= 11 is 3.21. The standard InChI is InChI=1S/C17H13BrF3N3O3S/c1-27-9-24(28(25,26)15-7-10(19)5-6-13(15)20)14-4-2-3-11(16(14)21)17-12(18)8-22-23-17/h2-8H,9H2,1H3,(H,22,23). The van der Waals surface area contributed by atoms with Crippen molar-refractivity contribution in [1.29, 1.82) is 0 Å². The van der Waals surface area contributed by atoms with Gasteiger partial charge in [0.05, 0.1) is 10.2 Å². The summed E-state index contributed by atoms with van der Waals surface area (Å²) in [5.41, 5.74) is -0.189. The average molecular weight is 476 g/mol. The zero-order valence-electron chi connectivity index (χ0n) is 14.3. The van der Waals surface area contributed by atoms with Crippen molar-refractivity contribution in [1.82, 2.24) is 10.2 Å². The number of aromatic nitrogens is 2. The van der Waals surface area contributed by atoms with E-state index in [1.54, 1.807) is 0 Å². The fraction of sp³-hybridized carbons (Fsp3) is 0.118.